The smallest absolute Gasteiger partial charge is 0.263 e. The number of pyridine rings is 2. The van der Waals surface area contributed by atoms with Gasteiger partial charge in [0.2, 0.25) is 0 Å². The zero-order valence-corrected chi connectivity index (χ0v) is 12.1. The minimum Gasteiger partial charge on any atom is -0.278 e. The Labute approximate surface area is 120 Å². The van der Waals surface area contributed by atoms with Crippen LogP contribution in [0.25, 0.3) is 0 Å². The molecule has 0 amide bonds. The first-order valence-electron chi connectivity index (χ1n) is 5.15. The predicted octanol–water partition coefficient (Wildman–Crippen LogP) is 2.89. The van der Waals surface area contributed by atoms with E-state index in [0.29, 0.717) is 11.3 Å². The summed E-state index contributed by atoms with van der Waals surface area (Å²) in [5.74, 6) is 0. The van der Waals surface area contributed by atoms with E-state index in [2.05, 4.69) is 14.7 Å². The van der Waals surface area contributed by atoms with Gasteiger partial charge in [-0.1, -0.05) is 23.2 Å². The number of hydrogen-bond acceptors (Lipinski definition) is 4. The monoisotopic (exact) mass is 317 g/mol. The average molecular weight is 318 g/mol. The van der Waals surface area contributed by atoms with Crippen molar-refractivity contribution >= 4 is 38.9 Å². The number of nitrogens with one attached hydrogen (secondary N) is 1. The van der Waals surface area contributed by atoms with E-state index in [1.807, 2.05) is 0 Å². The molecule has 1 N–H and O–H groups in total. The molecule has 0 aromatic carbocycles. The average Bonchev–Trinajstić information content (AvgIpc) is 2.35. The van der Waals surface area contributed by atoms with Crippen LogP contribution in [0, 0.1) is 6.92 Å². The number of aromatic nitrogens is 2. The summed E-state index contributed by atoms with van der Waals surface area (Å²) in [4.78, 5) is 7.63. The molecule has 19 heavy (non-hydrogen) atoms. The molecule has 0 unspecified atom stereocenters. The molecule has 0 aliphatic carbocycles. The highest BCUT2D eigenvalue weighted by Gasteiger charge is 2.16. The van der Waals surface area contributed by atoms with E-state index in [1.165, 1.54) is 30.6 Å². The summed E-state index contributed by atoms with van der Waals surface area (Å²) in [6.45, 7) is 1.68. The lowest BCUT2D eigenvalue weighted by atomic mass is 10.3. The highest BCUT2D eigenvalue weighted by atomic mass is 35.5. The molecule has 8 heteroatoms. The Bertz CT molecular complexity index is 702. The van der Waals surface area contributed by atoms with Crippen molar-refractivity contribution < 1.29 is 8.42 Å². The molecular weight excluding hydrogens is 309 g/mol. The molecule has 5 nitrogen and oxygen atoms in total. The van der Waals surface area contributed by atoms with Gasteiger partial charge in [0.25, 0.3) is 10.0 Å². The quantitative estimate of drug-likeness (QED) is 0.883. The number of nitrogens with zero attached hydrogens (tertiary/aromatic N) is 2. The lowest BCUT2D eigenvalue weighted by Crippen LogP contribution is -2.13. The van der Waals surface area contributed by atoms with Crippen molar-refractivity contribution in [3.8, 4) is 0 Å². The van der Waals surface area contributed by atoms with Gasteiger partial charge in [-0.05, 0) is 30.7 Å². The second-order valence-electron chi connectivity index (χ2n) is 3.75. The van der Waals surface area contributed by atoms with Gasteiger partial charge in [0.05, 0.1) is 11.9 Å². The van der Waals surface area contributed by atoms with Crippen LogP contribution in [-0.4, -0.2) is 18.4 Å². The molecule has 0 bridgehead atoms. The Morgan fingerprint density at radius 1 is 1.16 bits per heavy atom. The minimum atomic E-state index is -3.72. The van der Waals surface area contributed by atoms with Crippen LogP contribution in [0.2, 0.25) is 10.3 Å². The number of sulfonamides is 1. The second kappa shape index (κ2) is 5.32. The number of rotatable bonds is 3. The maximum atomic E-state index is 12.1. The van der Waals surface area contributed by atoms with Crippen LogP contribution >= 0.6 is 23.2 Å². The number of anilines is 1. The summed E-state index contributed by atoms with van der Waals surface area (Å²) >= 11 is 11.4. The standard InChI is InChI=1S/C11H9Cl2N3O2S/c1-7-4-9(6-15-11(7)13)19(17,18)16-8-2-3-10(12)14-5-8/h2-6,16H,1H3. The summed E-state index contributed by atoms with van der Waals surface area (Å²) in [5.41, 5.74) is 0.899. The largest absolute Gasteiger partial charge is 0.278 e. The minimum absolute atomic E-state index is 0.0318. The fourth-order valence-corrected chi connectivity index (χ4v) is 2.62. The fraction of sp³-hybridized carbons (Fsp3) is 0.0909. The molecule has 0 saturated carbocycles. The Morgan fingerprint density at radius 2 is 1.89 bits per heavy atom. The third kappa shape index (κ3) is 3.34. The molecule has 0 spiro atoms. The predicted molar refractivity (Wildman–Crippen MR) is 74.0 cm³/mol. The van der Waals surface area contributed by atoms with Crippen molar-refractivity contribution in [2.24, 2.45) is 0 Å². The molecule has 0 saturated heterocycles. The molecule has 0 fully saturated rings. The fourth-order valence-electron chi connectivity index (χ4n) is 1.33. The maximum Gasteiger partial charge on any atom is 0.263 e. The molecule has 0 radical (unpaired) electrons. The molecule has 2 heterocycles. The Balaban J connectivity index is 2.32. The summed E-state index contributed by atoms with van der Waals surface area (Å²) in [5, 5.41) is 0.555. The van der Waals surface area contributed by atoms with Gasteiger partial charge >= 0.3 is 0 Å². The van der Waals surface area contributed by atoms with Gasteiger partial charge in [-0.3, -0.25) is 4.72 Å². The van der Waals surface area contributed by atoms with E-state index in [4.69, 9.17) is 23.2 Å². The number of aryl methyl sites for hydroxylation is 1. The summed E-state index contributed by atoms with van der Waals surface area (Å²) in [6.07, 6.45) is 2.52. The molecule has 2 rings (SSSR count). The third-order valence-electron chi connectivity index (χ3n) is 2.28. The van der Waals surface area contributed by atoms with E-state index in [9.17, 15) is 8.42 Å². The molecule has 100 valence electrons. The van der Waals surface area contributed by atoms with Crippen molar-refractivity contribution in [2.45, 2.75) is 11.8 Å². The van der Waals surface area contributed by atoms with Crippen LogP contribution in [0.3, 0.4) is 0 Å². The van der Waals surface area contributed by atoms with E-state index < -0.39 is 10.0 Å². The summed E-state index contributed by atoms with van der Waals surface area (Å²) in [6, 6.07) is 4.45. The van der Waals surface area contributed by atoms with Crippen LogP contribution in [-0.2, 0) is 10.0 Å². The van der Waals surface area contributed by atoms with E-state index >= 15 is 0 Å². The Hall–Kier alpha value is -1.37. The van der Waals surface area contributed by atoms with Crippen LogP contribution in [0.15, 0.2) is 35.5 Å². The van der Waals surface area contributed by atoms with Gasteiger partial charge in [0.15, 0.2) is 0 Å². The van der Waals surface area contributed by atoms with E-state index in [-0.39, 0.29) is 15.2 Å². The molecular formula is C11H9Cl2N3O2S. The van der Waals surface area contributed by atoms with Crippen molar-refractivity contribution in [1.82, 2.24) is 9.97 Å². The molecule has 2 aromatic heterocycles. The van der Waals surface area contributed by atoms with Gasteiger partial charge in [-0.15, -0.1) is 0 Å². The highest BCUT2D eigenvalue weighted by Crippen LogP contribution is 2.19. The van der Waals surface area contributed by atoms with Crippen molar-refractivity contribution in [2.75, 3.05) is 4.72 Å². The first-order chi connectivity index (χ1) is 8.88. The van der Waals surface area contributed by atoms with Crippen LogP contribution in [0.1, 0.15) is 5.56 Å². The number of hydrogen-bond donors (Lipinski definition) is 1. The van der Waals surface area contributed by atoms with Gasteiger partial charge in [0, 0.05) is 6.20 Å². The topological polar surface area (TPSA) is 72.0 Å². The van der Waals surface area contributed by atoms with Crippen molar-refractivity contribution in [3.63, 3.8) is 0 Å². The lowest BCUT2D eigenvalue weighted by molar-refractivity contribution is 0.600. The van der Waals surface area contributed by atoms with Gasteiger partial charge in [-0.25, -0.2) is 18.4 Å². The Morgan fingerprint density at radius 3 is 2.47 bits per heavy atom. The zero-order valence-electron chi connectivity index (χ0n) is 9.76. The molecule has 0 aliphatic heterocycles. The first kappa shape index (κ1) is 14.0. The zero-order chi connectivity index (χ0) is 14.0. The van der Waals surface area contributed by atoms with E-state index in [1.54, 1.807) is 6.92 Å². The first-order valence-corrected chi connectivity index (χ1v) is 7.39. The van der Waals surface area contributed by atoms with Gasteiger partial charge in [-0.2, -0.15) is 0 Å². The van der Waals surface area contributed by atoms with Crippen LogP contribution in [0.5, 0.6) is 0 Å². The molecule has 2 aromatic rings. The third-order valence-corrected chi connectivity index (χ3v) is 4.25. The maximum absolute atomic E-state index is 12.1. The molecule has 0 aliphatic rings. The van der Waals surface area contributed by atoms with Gasteiger partial charge in [0.1, 0.15) is 15.2 Å². The Kier molecular flexibility index (Phi) is 3.93. The summed E-state index contributed by atoms with van der Waals surface area (Å²) < 4.78 is 26.6. The highest BCUT2D eigenvalue weighted by molar-refractivity contribution is 7.92. The second-order valence-corrected chi connectivity index (χ2v) is 6.18. The SMILES string of the molecule is Cc1cc(S(=O)(=O)Nc2ccc(Cl)nc2)cnc1Cl. The van der Waals surface area contributed by atoms with Gasteiger partial charge < -0.3 is 0 Å². The normalized spacial score (nSPS) is 11.3. The molecule has 0 atom stereocenters. The van der Waals surface area contributed by atoms with Crippen LogP contribution in [0.4, 0.5) is 5.69 Å². The van der Waals surface area contributed by atoms with E-state index in [0.717, 1.165) is 0 Å². The van der Waals surface area contributed by atoms with Crippen LogP contribution < -0.4 is 4.72 Å². The number of halogens is 2. The van der Waals surface area contributed by atoms with Crippen molar-refractivity contribution in [3.05, 3.63) is 46.5 Å². The lowest BCUT2D eigenvalue weighted by Gasteiger charge is -2.08. The van der Waals surface area contributed by atoms with Crippen molar-refractivity contribution in [1.29, 1.82) is 0 Å². The summed E-state index contributed by atoms with van der Waals surface area (Å²) in [7, 11) is -3.72.